The number of hydrogen-bond acceptors (Lipinski definition) is 5. The first-order valence-corrected chi connectivity index (χ1v) is 6.93. The average molecular weight is 301 g/mol. The molecule has 1 aromatic heterocycles. The number of benzene rings is 1. The first-order valence-electron chi connectivity index (χ1n) is 6.93. The maximum absolute atomic E-state index is 11.8. The Balaban J connectivity index is 1.50. The van der Waals surface area contributed by atoms with Gasteiger partial charge in [0.05, 0.1) is 12.4 Å². The number of aromatic nitrogens is 2. The number of hydrogen-bond donors (Lipinski definition) is 2. The van der Waals surface area contributed by atoms with E-state index in [1.807, 2.05) is 24.3 Å². The van der Waals surface area contributed by atoms with Crippen molar-refractivity contribution in [3.8, 4) is 11.5 Å². The van der Waals surface area contributed by atoms with Crippen molar-refractivity contribution in [1.82, 2.24) is 15.3 Å². The molecule has 0 spiro atoms. The molecular weight excluding hydrogens is 286 g/mol. The van der Waals surface area contributed by atoms with E-state index in [0.717, 1.165) is 11.9 Å². The number of carbonyl (C=O) groups is 1. The molecule has 7 heteroatoms. The number of aromatic amines is 1. The van der Waals surface area contributed by atoms with E-state index in [2.05, 4.69) is 15.3 Å². The van der Waals surface area contributed by atoms with Gasteiger partial charge in [-0.1, -0.05) is 12.1 Å². The maximum atomic E-state index is 11.8. The van der Waals surface area contributed by atoms with Gasteiger partial charge in [0.1, 0.15) is 18.4 Å². The summed E-state index contributed by atoms with van der Waals surface area (Å²) in [5.74, 6) is 1.07. The second kappa shape index (κ2) is 6.30. The van der Waals surface area contributed by atoms with E-state index in [-0.39, 0.29) is 17.7 Å². The van der Waals surface area contributed by atoms with Crippen LogP contribution in [0.2, 0.25) is 0 Å². The summed E-state index contributed by atoms with van der Waals surface area (Å²) >= 11 is 0. The van der Waals surface area contributed by atoms with Gasteiger partial charge in [0.2, 0.25) is 0 Å². The highest BCUT2D eigenvalue weighted by Gasteiger charge is 2.20. The quantitative estimate of drug-likeness (QED) is 0.868. The molecule has 0 unspecified atom stereocenters. The molecule has 114 valence electrons. The second-order valence-corrected chi connectivity index (χ2v) is 4.85. The van der Waals surface area contributed by atoms with Crippen molar-refractivity contribution in [1.29, 1.82) is 0 Å². The second-order valence-electron chi connectivity index (χ2n) is 4.85. The van der Waals surface area contributed by atoms with Gasteiger partial charge in [0.15, 0.2) is 11.5 Å². The summed E-state index contributed by atoms with van der Waals surface area (Å²) in [4.78, 5) is 29.0. The molecule has 2 heterocycles. The molecule has 2 aromatic rings. The zero-order chi connectivity index (χ0) is 15.4. The van der Waals surface area contributed by atoms with E-state index in [1.165, 1.54) is 6.20 Å². The molecule has 1 amide bonds. The van der Waals surface area contributed by atoms with E-state index in [0.29, 0.717) is 25.3 Å². The van der Waals surface area contributed by atoms with Crippen LogP contribution >= 0.6 is 0 Å². The molecule has 1 aliphatic rings. The number of rotatable bonds is 4. The van der Waals surface area contributed by atoms with Crippen molar-refractivity contribution < 1.29 is 14.3 Å². The van der Waals surface area contributed by atoms with Crippen LogP contribution in [0.3, 0.4) is 0 Å². The number of H-pyrrole nitrogens is 1. The molecule has 0 saturated heterocycles. The first-order chi connectivity index (χ1) is 10.7. The van der Waals surface area contributed by atoms with Crippen molar-refractivity contribution >= 4 is 5.91 Å². The van der Waals surface area contributed by atoms with Gasteiger partial charge in [-0.25, -0.2) is 0 Å². The van der Waals surface area contributed by atoms with E-state index in [9.17, 15) is 9.59 Å². The van der Waals surface area contributed by atoms with Crippen LogP contribution in [0.5, 0.6) is 11.5 Å². The minimum Gasteiger partial charge on any atom is -0.486 e. The van der Waals surface area contributed by atoms with Gasteiger partial charge in [-0.15, -0.1) is 0 Å². The summed E-state index contributed by atoms with van der Waals surface area (Å²) in [6.45, 7) is 0.850. The Morgan fingerprint density at radius 3 is 2.95 bits per heavy atom. The predicted molar refractivity (Wildman–Crippen MR) is 78.2 cm³/mol. The predicted octanol–water partition coefficient (Wildman–Crippen LogP) is 0.730. The summed E-state index contributed by atoms with van der Waals surface area (Å²) in [6, 6.07) is 7.47. The molecule has 0 saturated carbocycles. The van der Waals surface area contributed by atoms with Crippen LogP contribution in [0.1, 0.15) is 16.9 Å². The fraction of sp³-hybridized carbons (Fsp3) is 0.267. The molecule has 0 bridgehead atoms. The van der Waals surface area contributed by atoms with Gasteiger partial charge in [0, 0.05) is 13.0 Å². The largest absolute Gasteiger partial charge is 0.486 e. The molecule has 0 fully saturated rings. The van der Waals surface area contributed by atoms with Crippen molar-refractivity contribution in [2.45, 2.75) is 12.5 Å². The lowest BCUT2D eigenvalue weighted by atomic mass is 10.2. The van der Waals surface area contributed by atoms with Crippen LogP contribution < -0.4 is 20.3 Å². The Kier molecular flexibility index (Phi) is 4.04. The van der Waals surface area contributed by atoms with Gasteiger partial charge >= 0.3 is 0 Å². The highest BCUT2D eigenvalue weighted by molar-refractivity contribution is 5.91. The monoisotopic (exact) mass is 301 g/mol. The smallest absolute Gasteiger partial charge is 0.269 e. The Morgan fingerprint density at radius 2 is 2.14 bits per heavy atom. The zero-order valence-electron chi connectivity index (χ0n) is 11.7. The Hall–Kier alpha value is -2.83. The number of ether oxygens (including phenoxy) is 2. The fourth-order valence-corrected chi connectivity index (χ4v) is 2.14. The zero-order valence-corrected chi connectivity index (χ0v) is 11.7. The van der Waals surface area contributed by atoms with Crippen LogP contribution in [0.25, 0.3) is 0 Å². The minimum atomic E-state index is -0.409. The molecule has 3 rings (SSSR count). The minimum absolute atomic E-state index is 0.122. The van der Waals surface area contributed by atoms with E-state index in [4.69, 9.17) is 9.47 Å². The number of nitrogens with zero attached hydrogens (tertiary/aromatic N) is 1. The van der Waals surface area contributed by atoms with E-state index < -0.39 is 5.56 Å². The third-order valence-electron chi connectivity index (χ3n) is 3.22. The fourth-order valence-electron chi connectivity index (χ4n) is 2.14. The Labute approximate surface area is 126 Å². The van der Waals surface area contributed by atoms with E-state index >= 15 is 0 Å². The van der Waals surface area contributed by atoms with Crippen LogP contribution in [0.15, 0.2) is 41.5 Å². The van der Waals surface area contributed by atoms with Crippen LogP contribution in [-0.2, 0) is 0 Å². The van der Waals surface area contributed by atoms with Crippen LogP contribution in [0, 0.1) is 0 Å². The standard InChI is InChI=1S/C15H15N3O4/c19-14-8-16-7-11(18-14)15(20)17-6-5-10-9-21-12-3-1-2-4-13(12)22-10/h1-4,7-8,10H,5-6,9H2,(H,17,20)(H,18,19)/t10-/m1/s1. The van der Waals surface area contributed by atoms with Gasteiger partial charge < -0.3 is 19.8 Å². The number of nitrogens with one attached hydrogen (secondary N) is 2. The number of fused-ring (bicyclic) bond motifs is 1. The van der Waals surface area contributed by atoms with Crippen molar-refractivity contribution in [2.24, 2.45) is 0 Å². The number of para-hydroxylation sites is 2. The first kappa shape index (κ1) is 14.1. The average Bonchev–Trinajstić information content (AvgIpc) is 2.54. The summed E-state index contributed by atoms with van der Waals surface area (Å²) in [5, 5.41) is 2.71. The van der Waals surface area contributed by atoms with E-state index in [1.54, 1.807) is 0 Å². The SMILES string of the molecule is O=C(NCC[C@@H]1COc2ccccc2O1)c1cncc(=O)[nH]1. The molecule has 2 N–H and O–H groups in total. The molecular formula is C15H15N3O4. The Morgan fingerprint density at radius 1 is 1.32 bits per heavy atom. The summed E-state index contributed by atoms with van der Waals surface area (Å²) < 4.78 is 11.4. The van der Waals surface area contributed by atoms with Crippen LogP contribution in [0.4, 0.5) is 0 Å². The third-order valence-corrected chi connectivity index (χ3v) is 3.22. The molecule has 0 radical (unpaired) electrons. The number of amides is 1. The molecule has 1 atom stereocenters. The maximum Gasteiger partial charge on any atom is 0.269 e. The van der Waals surface area contributed by atoms with Gasteiger partial charge in [-0.2, -0.15) is 0 Å². The molecule has 22 heavy (non-hydrogen) atoms. The van der Waals surface area contributed by atoms with Crippen molar-refractivity contribution in [3.63, 3.8) is 0 Å². The third kappa shape index (κ3) is 3.25. The topological polar surface area (TPSA) is 93.3 Å². The lowest BCUT2D eigenvalue weighted by molar-refractivity contribution is 0.0811. The lowest BCUT2D eigenvalue weighted by Gasteiger charge is -2.26. The molecule has 7 nitrogen and oxygen atoms in total. The summed E-state index contributed by atoms with van der Waals surface area (Å²) in [5.41, 5.74) is -0.271. The Bertz CT molecular complexity index is 728. The lowest BCUT2D eigenvalue weighted by Crippen LogP contribution is -2.34. The molecule has 1 aromatic carbocycles. The highest BCUT2D eigenvalue weighted by Crippen LogP contribution is 2.31. The van der Waals surface area contributed by atoms with Gasteiger partial charge in [0.25, 0.3) is 11.5 Å². The van der Waals surface area contributed by atoms with Crippen LogP contribution in [-0.4, -0.2) is 35.1 Å². The molecule has 1 aliphatic heterocycles. The van der Waals surface area contributed by atoms with Crippen molar-refractivity contribution in [3.05, 3.63) is 52.7 Å². The summed E-state index contributed by atoms with van der Waals surface area (Å²) in [7, 11) is 0. The van der Waals surface area contributed by atoms with Crippen molar-refractivity contribution in [2.75, 3.05) is 13.2 Å². The van der Waals surface area contributed by atoms with Gasteiger partial charge in [-0.3, -0.25) is 14.6 Å². The number of carbonyl (C=O) groups excluding carboxylic acids is 1. The highest BCUT2D eigenvalue weighted by atomic mass is 16.6. The normalized spacial score (nSPS) is 16.1. The molecule has 0 aliphatic carbocycles. The van der Waals surface area contributed by atoms with Gasteiger partial charge in [-0.05, 0) is 12.1 Å². The summed E-state index contributed by atoms with van der Waals surface area (Å²) in [6.07, 6.45) is 2.90.